The number of unbranched alkanes of at least 4 members (excludes halogenated alkanes) is 1. The zero-order valence-electron chi connectivity index (χ0n) is 12.0. The summed E-state index contributed by atoms with van der Waals surface area (Å²) in [5, 5.41) is 7.32. The molecule has 19 heavy (non-hydrogen) atoms. The molecule has 3 N–H and O–H groups in total. The number of nitrogens with zero attached hydrogens (tertiary/aromatic N) is 2. The maximum absolute atomic E-state index is 12.1. The van der Waals surface area contributed by atoms with Crippen LogP contribution in [-0.4, -0.2) is 28.8 Å². The smallest absolute Gasteiger partial charge is 0.255 e. The second kappa shape index (κ2) is 8.93. The first-order chi connectivity index (χ1) is 8.61. The van der Waals surface area contributed by atoms with Crippen LogP contribution in [-0.2, 0) is 6.54 Å². The van der Waals surface area contributed by atoms with Crippen molar-refractivity contribution in [3.05, 3.63) is 17.0 Å². The standard InChI is InChI=1S/C13H24N4O.ClH/c1-4-9-17-11(3)12(10(2)16-17)13(18)15-8-6-5-7-14;/h4-9,14H2,1-3H3,(H,15,18);1H. The summed E-state index contributed by atoms with van der Waals surface area (Å²) in [7, 11) is 0. The zero-order valence-corrected chi connectivity index (χ0v) is 12.8. The fourth-order valence-electron chi connectivity index (χ4n) is 2.01. The first-order valence-electron chi connectivity index (χ1n) is 6.64. The number of aromatic nitrogens is 2. The minimum Gasteiger partial charge on any atom is -0.352 e. The lowest BCUT2D eigenvalue weighted by Crippen LogP contribution is -2.26. The van der Waals surface area contributed by atoms with Crippen molar-refractivity contribution in [2.24, 2.45) is 5.73 Å². The van der Waals surface area contributed by atoms with Gasteiger partial charge in [-0.3, -0.25) is 9.48 Å². The molecule has 110 valence electrons. The molecule has 1 amide bonds. The molecule has 0 radical (unpaired) electrons. The van der Waals surface area contributed by atoms with Crippen LogP contribution in [0.1, 0.15) is 47.9 Å². The van der Waals surface area contributed by atoms with E-state index in [2.05, 4.69) is 17.3 Å². The molecular formula is C13H25ClN4O. The van der Waals surface area contributed by atoms with Gasteiger partial charge in [-0.25, -0.2) is 0 Å². The maximum Gasteiger partial charge on any atom is 0.255 e. The number of carbonyl (C=O) groups excluding carboxylic acids is 1. The van der Waals surface area contributed by atoms with E-state index in [0.717, 1.165) is 42.8 Å². The van der Waals surface area contributed by atoms with Crippen LogP contribution < -0.4 is 11.1 Å². The van der Waals surface area contributed by atoms with Crippen molar-refractivity contribution < 1.29 is 4.79 Å². The van der Waals surface area contributed by atoms with Gasteiger partial charge in [0.05, 0.1) is 11.3 Å². The first-order valence-corrected chi connectivity index (χ1v) is 6.64. The average Bonchev–Trinajstić information content (AvgIpc) is 2.61. The number of aryl methyl sites for hydroxylation is 2. The molecule has 6 heteroatoms. The molecule has 1 heterocycles. The van der Waals surface area contributed by atoms with E-state index in [1.54, 1.807) is 0 Å². The molecule has 0 unspecified atom stereocenters. The van der Waals surface area contributed by atoms with Gasteiger partial charge in [-0.05, 0) is 39.7 Å². The topological polar surface area (TPSA) is 72.9 Å². The molecule has 0 aliphatic rings. The molecule has 5 nitrogen and oxygen atoms in total. The van der Waals surface area contributed by atoms with E-state index >= 15 is 0 Å². The Kier molecular flexibility index (Phi) is 8.43. The van der Waals surface area contributed by atoms with E-state index in [9.17, 15) is 4.79 Å². The quantitative estimate of drug-likeness (QED) is 0.752. The van der Waals surface area contributed by atoms with Crippen molar-refractivity contribution in [2.45, 2.75) is 46.6 Å². The van der Waals surface area contributed by atoms with E-state index in [1.165, 1.54) is 0 Å². The van der Waals surface area contributed by atoms with Crippen molar-refractivity contribution in [3.8, 4) is 0 Å². The van der Waals surface area contributed by atoms with E-state index in [0.29, 0.717) is 13.1 Å². The van der Waals surface area contributed by atoms with Gasteiger partial charge in [-0.2, -0.15) is 5.10 Å². The molecule has 0 aromatic carbocycles. The zero-order chi connectivity index (χ0) is 13.5. The summed E-state index contributed by atoms with van der Waals surface area (Å²) < 4.78 is 1.91. The maximum atomic E-state index is 12.1. The number of carbonyl (C=O) groups is 1. The number of nitrogens with one attached hydrogen (secondary N) is 1. The molecule has 0 aliphatic carbocycles. The summed E-state index contributed by atoms with van der Waals surface area (Å²) in [6.07, 6.45) is 2.87. The van der Waals surface area contributed by atoms with Crippen LogP contribution in [0.15, 0.2) is 0 Å². The van der Waals surface area contributed by atoms with Crippen LogP contribution >= 0.6 is 12.4 Å². The van der Waals surface area contributed by atoms with Crippen LogP contribution in [0.4, 0.5) is 0 Å². The van der Waals surface area contributed by atoms with Gasteiger partial charge >= 0.3 is 0 Å². The van der Waals surface area contributed by atoms with Gasteiger partial charge in [0.1, 0.15) is 0 Å². The highest BCUT2D eigenvalue weighted by atomic mass is 35.5. The lowest BCUT2D eigenvalue weighted by Gasteiger charge is -2.05. The monoisotopic (exact) mass is 288 g/mol. The van der Waals surface area contributed by atoms with Gasteiger partial charge in [0.25, 0.3) is 5.91 Å². The van der Waals surface area contributed by atoms with Crippen molar-refractivity contribution in [1.82, 2.24) is 15.1 Å². The normalized spacial score (nSPS) is 10.1. The van der Waals surface area contributed by atoms with E-state index in [4.69, 9.17) is 5.73 Å². The third-order valence-corrected chi connectivity index (χ3v) is 2.96. The van der Waals surface area contributed by atoms with Gasteiger partial charge in [-0.1, -0.05) is 6.92 Å². The average molecular weight is 289 g/mol. The van der Waals surface area contributed by atoms with Gasteiger partial charge in [0.2, 0.25) is 0 Å². The lowest BCUT2D eigenvalue weighted by atomic mass is 10.2. The minimum absolute atomic E-state index is 0. The Hall–Kier alpha value is -1.07. The van der Waals surface area contributed by atoms with Gasteiger partial charge in [-0.15, -0.1) is 12.4 Å². The number of hydrogen-bond acceptors (Lipinski definition) is 3. The Balaban J connectivity index is 0.00000324. The highest BCUT2D eigenvalue weighted by Crippen LogP contribution is 2.13. The van der Waals surface area contributed by atoms with Gasteiger partial charge in [0, 0.05) is 18.8 Å². The summed E-state index contributed by atoms with van der Waals surface area (Å²) in [6, 6.07) is 0. The van der Waals surface area contributed by atoms with Gasteiger partial charge in [0.15, 0.2) is 0 Å². The molecule has 0 fully saturated rings. The second-order valence-electron chi connectivity index (χ2n) is 4.52. The molecule has 1 rings (SSSR count). The number of rotatable bonds is 7. The molecule has 0 bridgehead atoms. The Bertz CT molecular complexity index is 404. The fourth-order valence-corrected chi connectivity index (χ4v) is 2.01. The predicted molar refractivity (Wildman–Crippen MR) is 79.9 cm³/mol. The number of nitrogens with two attached hydrogens (primary N) is 1. The number of halogens is 1. The fraction of sp³-hybridized carbons (Fsp3) is 0.692. The second-order valence-corrected chi connectivity index (χ2v) is 4.52. The summed E-state index contributed by atoms with van der Waals surface area (Å²) in [5.74, 6) is -0.0237. The molecule has 1 aromatic rings. The Labute approximate surface area is 121 Å². The molecule has 0 atom stereocenters. The largest absolute Gasteiger partial charge is 0.352 e. The SMILES string of the molecule is CCCn1nc(C)c(C(=O)NCCCCN)c1C.Cl. The number of amides is 1. The highest BCUT2D eigenvalue weighted by molar-refractivity contribution is 5.96. The summed E-state index contributed by atoms with van der Waals surface area (Å²) in [4.78, 5) is 12.1. The Morgan fingerprint density at radius 3 is 2.63 bits per heavy atom. The van der Waals surface area contributed by atoms with Crippen molar-refractivity contribution in [1.29, 1.82) is 0 Å². The van der Waals surface area contributed by atoms with Crippen LogP contribution in [0.3, 0.4) is 0 Å². The summed E-state index contributed by atoms with van der Waals surface area (Å²) in [5.41, 5.74) is 7.89. The van der Waals surface area contributed by atoms with E-state index in [1.807, 2.05) is 18.5 Å². The highest BCUT2D eigenvalue weighted by Gasteiger charge is 2.17. The van der Waals surface area contributed by atoms with E-state index in [-0.39, 0.29) is 18.3 Å². The van der Waals surface area contributed by atoms with Gasteiger partial charge < -0.3 is 11.1 Å². The summed E-state index contributed by atoms with van der Waals surface area (Å²) in [6.45, 7) is 8.13. The van der Waals surface area contributed by atoms with Crippen molar-refractivity contribution in [3.63, 3.8) is 0 Å². The molecule has 0 saturated heterocycles. The molecule has 0 spiro atoms. The van der Waals surface area contributed by atoms with E-state index < -0.39 is 0 Å². The van der Waals surface area contributed by atoms with Crippen molar-refractivity contribution >= 4 is 18.3 Å². The number of hydrogen-bond donors (Lipinski definition) is 2. The molecule has 0 saturated carbocycles. The van der Waals surface area contributed by atoms with Crippen LogP contribution in [0, 0.1) is 13.8 Å². The third kappa shape index (κ3) is 4.84. The lowest BCUT2D eigenvalue weighted by molar-refractivity contribution is 0.0951. The van der Waals surface area contributed by atoms with Crippen LogP contribution in [0.25, 0.3) is 0 Å². The Morgan fingerprint density at radius 1 is 1.37 bits per heavy atom. The first kappa shape index (κ1) is 17.9. The molecular weight excluding hydrogens is 264 g/mol. The van der Waals surface area contributed by atoms with Crippen LogP contribution in [0.2, 0.25) is 0 Å². The minimum atomic E-state index is -0.0237. The van der Waals surface area contributed by atoms with Crippen molar-refractivity contribution in [2.75, 3.05) is 13.1 Å². The predicted octanol–water partition coefficient (Wildman–Crippen LogP) is 1.80. The third-order valence-electron chi connectivity index (χ3n) is 2.96. The van der Waals surface area contributed by atoms with Crippen LogP contribution in [0.5, 0.6) is 0 Å². The Morgan fingerprint density at radius 2 is 2.05 bits per heavy atom. The molecule has 1 aromatic heterocycles. The summed E-state index contributed by atoms with van der Waals surface area (Å²) >= 11 is 0. The molecule has 0 aliphatic heterocycles.